The second-order valence-electron chi connectivity index (χ2n) is 6.36. The molecule has 1 fully saturated rings. The molecule has 1 saturated heterocycles. The lowest BCUT2D eigenvalue weighted by molar-refractivity contribution is -0.274. The molecule has 0 radical (unpaired) electrons. The number of benzene rings is 2. The van der Waals surface area contributed by atoms with Gasteiger partial charge in [-0.2, -0.15) is 0 Å². The van der Waals surface area contributed by atoms with Gasteiger partial charge in [-0.05, 0) is 53.7 Å². The highest BCUT2D eigenvalue weighted by Gasteiger charge is 2.34. The molecular formula is C18H13ClF3N5O2. The number of nitrogens with zero attached hydrogens (tertiary/aromatic N) is 5. The van der Waals surface area contributed by atoms with Crippen molar-refractivity contribution in [3.63, 3.8) is 0 Å². The second kappa shape index (κ2) is 7.36. The second-order valence-corrected chi connectivity index (χ2v) is 6.80. The maximum absolute atomic E-state index is 12.4. The number of amides is 1. The number of hydrogen-bond donors (Lipinski definition) is 0. The molecule has 150 valence electrons. The van der Waals surface area contributed by atoms with Gasteiger partial charge in [-0.3, -0.25) is 4.79 Å². The number of alkyl halides is 3. The van der Waals surface area contributed by atoms with Gasteiger partial charge in [0.1, 0.15) is 5.75 Å². The highest BCUT2D eigenvalue weighted by atomic mass is 35.5. The summed E-state index contributed by atoms with van der Waals surface area (Å²) < 4.78 is 40.6. The van der Waals surface area contributed by atoms with E-state index in [-0.39, 0.29) is 24.0 Å². The molecule has 0 spiro atoms. The van der Waals surface area contributed by atoms with E-state index in [4.69, 9.17) is 11.6 Å². The van der Waals surface area contributed by atoms with Crippen molar-refractivity contribution in [3.05, 3.63) is 59.4 Å². The molecule has 1 aromatic heterocycles. The molecule has 0 N–H and O–H groups in total. The monoisotopic (exact) mass is 423 g/mol. The van der Waals surface area contributed by atoms with E-state index in [0.717, 1.165) is 17.8 Å². The fourth-order valence-corrected chi connectivity index (χ4v) is 3.16. The van der Waals surface area contributed by atoms with Crippen LogP contribution in [0.15, 0.2) is 48.5 Å². The van der Waals surface area contributed by atoms with Crippen molar-refractivity contribution in [2.45, 2.75) is 18.7 Å². The lowest BCUT2D eigenvalue weighted by Gasteiger charge is -2.16. The highest BCUT2D eigenvalue weighted by Crippen LogP contribution is 2.31. The largest absolute Gasteiger partial charge is 0.573 e. The molecule has 3 aromatic rings. The number of aromatic nitrogens is 4. The molecular weight excluding hydrogens is 411 g/mol. The van der Waals surface area contributed by atoms with Crippen LogP contribution in [0.3, 0.4) is 0 Å². The van der Waals surface area contributed by atoms with Crippen LogP contribution in [0.2, 0.25) is 5.02 Å². The van der Waals surface area contributed by atoms with E-state index in [1.54, 1.807) is 29.2 Å². The lowest BCUT2D eigenvalue weighted by atomic mass is 10.1. The van der Waals surface area contributed by atoms with Crippen molar-refractivity contribution in [2.75, 3.05) is 11.4 Å². The molecule has 1 unspecified atom stereocenters. The molecule has 2 aromatic carbocycles. The number of halogens is 4. The van der Waals surface area contributed by atoms with Gasteiger partial charge in [-0.1, -0.05) is 11.6 Å². The Morgan fingerprint density at radius 1 is 1.03 bits per heavy atom. The average molecular weight is 424 g/mol. The summed E-state index contributed by atoms with van der Waals surface area (Å²) in [6.45, 7) is 0.393. The van der Waals surface area contributed by atoms with E-state index in [2.05, 4.69) is 20.1 Å². The van der Waals surface area contributed by atoms with Gasteiger partial charge in [0.2, 0.25) is 5.91 Å². The van der Waals surface area contributed by atoms with Crippen LogP contribution in [0.4, 0.5) is 18.9 Å². The first-order chi connectivity index (χ1) is 13.8. The van der Waals surface area contributed by atoms with Crippen molar-refractivity contribution in [2.24, 2.45) is 0 Å². The van der Waals surface area contributed by atoms with Crippen LogP contribution in [0.5, 0.6) is 5.75 Å². The summed E-state index contributed by atoms with van der Waals surface area (Å²) in [5.41, 5.74) is 1.15. The summed E-state index contributed by atoms with van der Waals surface area (Å²) >= 11 is 5.88. The van der Waals surface area contributed by atoms with Crippen LogP contribution in [-0.2, 0) is 4.79 Å². The fourth-order valence-electron chi connectivity index (χ4n) is 3.03. The summed E-state index contributed by atoms with van der Waals surface area (Å²) in [6.07, 6.45) is -4.53. The summed E-state index contributed by atoms with van der Waals surface area (Å²) in [6, 6.07) is 12.0. The van der Waals surface area contributed by atoms with Crippen LogP contribution >= 0.6 is 11.6 Å². The number of carbonyl (C=O) groups excluding carboxylic acids is 1. The van der Waals surface area contributed by atoms with Gasteiger partial charge < -0.3 is 9.64 Å². The van der Waals surface area contributed by atoms with Crippen LogP contribution < -0.4 is 9.64 Å². The van der Waals surface area contributed by atoms with Crippen LogP contribution in [0.25, 0.3) is 5.69 Å². The van der Waals surface area contributed by atoms with Gasteiger partial charge in [0.05, 0.1) is 5.69 Å². The van der Waals surface area contributed by atoms with E-state index in [1.165, 1.54) is 16.9 Å². The molecule has 1 amide bonds. The third-order valence-corrected chi connectivity index (χ3v) is 4.61. The normalized spacial score (nSPS) is 17.0. The molecule has 1 aliphatic rings. The van der Waals surface area contributed by atoms with Gasteiger partial charge >= 0.3 is 6.36 Å². The standard InChI is InChI=1S/C18H13ClF3N5O2/c19-12-1-3-13(4-2-12)26-10-11(9-16(26)28)17-23-25-27(24-17)14-5-7-15(8-6-14)29-18(20,21)22/h1-8,11H,9-10H2. The van der Waals surface area contributed by atoms with Crippen molar-refractivity contribution in [1.82, 2.24) is 20.2 Å². The Labute approximate surface area is 167 Å². The van der Waals surface area contributed by atoms with Gasteiger partial charge in [0, 0.05) is 29.6 Å². The molecule has 0 saturated carbocycles. The third-order valence-electron chi connectivity index (χ3n) is 4.36. The molecule has 7 nitrogen and oxygen atoms in total. The number of anilines is 1. The SMILES string of the molecule is O=C1CC(c2nnn(-c3ccc(OC(F)(F)F)cc3)n2)CN1c1ccc(Cl)cc1. The maximum atomic E-state index is 12.4. The zero-order valence-electron chi connectivity index (χ0n) is 14.7. The minimum atomic E-state index is -4.76. The molecule has 29 heavy (non-hydrogen) atoms. The van der Waals surface area contributed by atoms with E-state index in [9.17, 15) is 18.0 Å². The topological polar surface area (TPSA) is 73.1 Å². The Hall–Kier alpha value is -3.14. The Balaban J connectivity index is 1.48. The highest BCUT2D eigenvalue weighted by molar-refractivity contribution is 6.30. The van der Waals surface area contributed by atoms with Crippen molar-refractivity contribution >= 4 is 23.2 Å². The Kier molecular flexibility index (Phi) is 4.87. The zero-order chi connectivity index (χ0) is 20.6. The van der Waals surface area contributed by atoms with E-state index in [0.29, 0.717) is 23.1 Å². The first kappa shape index (κ1) is 19.2. The average Bonchev–Trinajstić information content (AvgIpc) is 3.29. The van der Waals surface area contributed by atoms with Crippen molar-refractivity contribution in [3.8, 4) is 11.4 Å². The molecule has 2 heterocycles. The number of ether oxygens (including phenoxy) is 1. The maximum Gasteiger partial charge on any atom is 0.573 e. The van der Waals surface area contributed by atoms with E-state index >= 15 is 0 Å². The third kappa shape index (κ3) is 4.32. The minimum absolute atomic E-state index is 0.0673. The summed E-state index contributed by atoms with van der Waals surface area (Å²) in [4.78, 5) is 15.2. The van der Waals surface area contributed by atoms with Crippen LogP contribution in [-0.4, -0.2) is 39.0 Å². The van der Waals surface area contributed by atoms with Crippen molar-refractivity contribution in [1.29, 1.82) is 0 Å². The molecule has 11 heteroatoms. The molecule has 0 aliphatic carbocycles. The summed E-state index contributed by atoms with van der Waals surface area (Å²) in [7, 11) is 0. The quantitative estimate of drug-likeness (QED) is 0.639. The summed E-state index contributed by atoms with van der Waals surface area (Å²) in [5, 5.41) is 12.8. The lowest BCUT2D eigenvalue weighted by Crippen LogP contribution is -2.24. The van der Waals surface area contributed by atoms with Crippen LogP contribution in [0.1, 0.15) is 18.2 Å². The van der Waals surface area contributed by atoms with Crippen molar-refractivity contribution < 1.29 is 22.7 Å². The first-order valence-electron chi connectivity index (χ1n) is 8.50. The van der Waals surface area contributed by atoms with E-state index in [1.807, 2.05) is 0 Å². The zero-order valence-corrected chi connectivity index (χ0v) is 15.4. The number of tetrazole rings is 1. The predicted octanol–water partition coefficient (Wildman–Crippen LogP) is 3.73. The Bertz CT molecular complexity index is 1020. The Morgan fingerprint density at radius 3 is 2.34 bits per heavy atom. The molecule has 1 aliphatic heterocycles. The molecule has 1 atom stereocenters. The van der Waals surface area contributed by atoms with Crippen LogP contribution in [0, 0.1) is 0 Å². The predicted molar refractivity (Wildman–Crippen MR) is 97.0 cm³/mol. The van der Waals surface area contributed by atoms with Gasteiger partial charge in [-0.15, -0.1) is 28.2 Å². The summed E-state index contributed by atoms with van der Waals surface area (Å²) in [5.74, 6) is -0.283. The van der Waals surface area contributed by atoms with E-state index < -0.39 is 6.36 Å². The van der Waals surface area contributed by atoms with Gasteiger partial charge in [0.25, 0.3) is 0 Å². The van der Waals surface area contributed by atoms with Gasteiger partial charge in [0.15, 0.2) is 5.82 Å². The van der Waals surface area contributed by atoms with Gasteiger partial charge in [-0.25, -0.2) is 0 Å². The first-order valence-corrected chi connectivity index (χ1v) is 8.88. The smallest absolute Gasteiger partial charge is 0.406 e. The number of rotatable bonds is 4. The molecule has 0 bridgehead atoms. The minimum Gasteiger partial charge on any atom is -0.406 e. The Morgan fingerprint density at radius 2 is 1.69 bits per heavy atom. The molecule has 4 rings (SSSR count). The number of carbonyl (C=O) groups is 1. The fraction of sp³-hybridized carbons (Fsp3) is 0.222. The number of hydrogen-bond acceptors (Lipinski definition) is 5.